The van der Waals surface area contributed by atoms with Crippen LogP contribution in [0.15, 0.2) is 48.7 Å². The van der Waals surface area contributed by atoms with Crippen LogP contribution in [0.2, 0.25) is 0 Å². The van der Waals surface area contributed by atoms with Crippen LogP contribution in [0.25, 0.3) is 6.08 Å². The van der Waals surface area contributed by atoms with Crippen LogP contribution < -0.4 is 0 Å². The van der Waals surface area contributed by atoms with E-state index in [4.69, 9.17) is 0 Å². The molecule has 15 heavy (non-hydrogen) atoms. The van der Waals surface area contributed by atoms with Crippen molar-refractivity contribution in [3.05, 3.63) is 59.9 Å². The summed E-state index contributed by atoms with van der Waals surface area (Å²) in [5, 5.41) is 6.34. The highest BCUT2D eigenvalue weighted by Crippen LogP contribution is 2.03. The first-order chi connectivity index (χ1) is 7.36. The lowest BCUT2D eigenvalue weighted by Gasteiger charge is -1.90. The first-order valence-corrected chi connectivity index (χ1v) is 4.63. The molecule has 0 aliphatic carbocycles. The molecule has 0 radical (unpaired) electrons. The third-order valence-electron chi connectivity index (χ3n) is 1.99. The second-order valence-electron chi connectivity index (χ2n) is 3.08. The van der Waals surface area contributed by atoms with Gasteiger partial charge in [-0.25, -0.2) is 0 Å². The molecule has 2 aromatic rings. The van der Waals surface area contributed by atoms with Gasteiger partial charge in [-0.05, 0) is 17.7 Å². The minimum Gasteiger partial charge on any atom is -0.288 e. The van der Waals surface area contributed by atoms with E-state index in [1.165, 1.54) is 6.08 Å². The number of aromatic amines is 1. The van der Waals surface area contributed by atoms with Crippen LogP contribution in [0.3, 0.4) is 0 Å². The van der Waals surface area contributed by atoms with E-state index < -0.39 is 0 Å². The lowest BCUT2D eigenvalue weighted by molar-refractivity contribution is 0.104. The van der Waals surface area contributed by atoms with Gasteiger partial charge in [-0.1, -0.05) is 36.4 Å². The number of carbonyl (C=O) groups excluding carboxylic acids is 1. The van der Waals surface area contributed by atoms with Crippen molar-refractivity contribution < 1.29 is 4.79 Å². The average molecular weight is 198 g/mol. The van der Waals surface area contributed by atoms with Gasteiger partial charge < -0.3 is 0 Å². The van der Waals surface area contributed by atoms with E-state index in [1.54, 1.807) is 18.3 Å². The summed E-state index contributed by atoms with van der Waals surface area (Å²) in [5.74, 6) is -0.0728. The van der Waals surface area contributed by atoms with E-state index >= 15 is 0 Å². The number of H-pyrrole nitrogens is 1. The van der Waals surface area contributed by atoms with Crippen LogP contribution in [-0.2, 0) is 0 Å². The predicted octanol–water partition coefficient (Wildman–Crippen LogP) is 2.31. The first-order valence-electron chi connectivity index (χ1n) is 4.63. The SMILES string of the molecule is O=C(/C=C\c1ccccc1)c1ccn[nH]1. The van der Waals surface area contributed by atoms with Crippen molar-refractivity contribution >= 4 is 11.9 Å². The van der Waals surface area contributed by atoms with Gasteiger partial charge in [0.2, 0.25) is 5.78 Å². The molecule has 0 aliphatic rings. The molecular weight excluding hydrogens is 188 g/mol. The highest BCUT2D eigenvalue weighted by molar-refractivity contribution is 6.05. The Morgan fingerprint density at radius 2 is 2.00 bits per heavy atom. The van der Waals surface area contributed by atoms with E-state index in [0.717, 1.165) is 5.56 Å². The van der Waals surface area contributed by atoms with Crippen molar-refractivity contribution in [2.75, 3.05) is 0 Å². The van der Waals surface area contributed by atoms with Gasteiger partial charge in [-0.2, -0.15) is 5.10 Å². The number of hydrogen-bond donors (Lipinski definition) is 1. The number of nitrogens with one attached hydrogen (secondary N) is 1. The fourth-order valence-corrected chi connectivity index (χ4v) is 1.22. The Hall–Kier alpha value is -2.16. The number of benzene rings is 1. The number of rotatable bonds is 3. The summed E-state index contributed by atoms with van der Waals surface area (Å²) < 4.78 is 0. The lowest BCUT2D eigenvalue weighted by Crippen LogP contribution is -1.93. The molecule has 1 aromatic heterocycles. The molecule has 0 atom stereocenters. The second-order valence-corrected chi connectivity index (χ2v) is 3.08. The van der Waals surface area contributed by atoms with Crippen molar-refractivity contribution in [1.82, 2.24) is 10.2 Å². The van der Waals surface area contributed by atoms with Gasteiger partial charge in [-0.15, -0.1) is 0 Å². The summed E-state index contributed by atoms with van der Waals surface area (Å²) in [7, 11) is 0. The maximum absolute atomic E-state index is 11.5. The first kappa shape index (κ1) is 9.40. The average Bonchev–Trinajstić information content (AvgIpc) is 2.81. The van der Waals surface area contributed by atoms with Crippen molar-refractivity contribution in [2.24, 2.45) is 0 Å². The van der Waals surface area contributed by atoms with Crippen molar-refractivity contribution in [3.8, 4) is 0 Å². The van der Waals surface area contributed by atoms with Gasteiger partial charge in [0.25, 0.3) is 0 Å². The molecular formula is C12H10N2O. The van der Waals surface area contributed by atoms with Gasteiger partial charge in [0.15, 0.2) is 0 Å². The lowest BCUT2D eigenvalue weighted by atomic mass is 10.2. The van der Waals surface area contributed by atoms with Crippen LogP contribution in [0.1, 0.15) is 16.1 Å². The quantitative estimate of drug-likeness (QED) is 0.607. The summed E-state index contributed by atoms with van der Waals surface area (Å²) in [6, 6.07) is 11.3. The molecule has 0 saturated heterocycles. The van der Waals surface area contributed by atoms with Crippen LogP contribution in [0, 0.1) is 0 Å². The minimum atomic E-state index is -0.0728. The van der Waals surface area contributed by atoms with Gasteiger partial charge in [0, 0.05) is 6.20 Å². The van der Waals surface area contributed by atoms with Crippen molar-refractivity contribution in [3.63, 3.8) is 0 Å². The van der Waals surface area contributed by atoms with E-state index in [0.29, 0.717) is 5.69 Å². The highest BCUT2D eigenvalue weighted by atomic mass is 16.1. The minimum absolute atomic E-state index is 0.0728. The third kappa shape index (κ3) is 2.40. The Morgan fingerprint density at radius 3 is 2.67 bits per heavy atom. The molecule has 0 unspecified atom stereocenters. The van der Waals surface area contributed by atoms with Crippen LogP contribution in [0.5, 0.6) is 0 Å². The molecule has 1 heterocycles. The number of ketones is 1. The number of nitrogens with zero attached hydrogens (tertiary/aromatic N) is 1. The molecule has 3 heteroatoms. The number of hydrogen-bond acceptors (Lipinski definition) is 2. The number of carbonyl (C=O) groups is 1. The van der Waals surface area contributed by atoms with Crippen molar-refractivity contribution in [1.29, 1.82) is 0 Å². The molecule has 0 bridgehead atoms. The zero-order chi connectivity index (χ0) is 10.5. The third-order valence-corrected chi connectivity index (χ3v) is 1.99. The predicted molar refractivity (Wildman–Crippen MR) is 58.4 cm³/mol. The molecule has 2 rings (SSSR count). The largest absolute Gasteiger partial charge is 0.288 e. The van der Waals surface area contributed by atoms with E-state index in [9.17, 15) is 4.79 Å². The Kier molecular flexibility index (Phi) is 2.74. The van der Waals surface area contributed by atoms with Crippen LogP contribution >= 0.6 is 0 Å². The monoisotopic (exact) mass is 198 g/mol. The van der Waals surface area contributed by atoms with E-state index in [-0.39, 0.29) is 5.78 Å². The fraction of sp³-hybridized carbons (Fsp3) is 0. The van der Waals surface area contributed by atoms with Crippen LogP contribution in [-0.4, -0.2) is 16.0 Å². The standard InChI is InChI=1S/C12H10N2O/c15-12(11-8-9-13-14-11)7-6-10-4-2-1-3-5-10/h1-9H,(H,13,14)/b7-6-. The summed E-state index contributed by atoms with van der Waals surface area (Å²) in [6.07, 6.45) is 4.87. The van der Waals surface area contributed by atoms with Crippen LogP contribution in [0.4, 0.5) is 0 Å². The Morgan fingerprint density at radius 1 is 1.20 bits per heavy atom. The fourth-order valence-electron chi connectivity index (χ4n) is 1.22. The molecule has 0 spiro atoms. The molecule has 0 amide bonds. The van der Waals surface area contributed by atoms with Crippen molar-refractivity contribution in [2.45, 2.75) is 0 Å². The summed E-state index contributed by atoms with van der Waals surface area (Å²) in [5.41, 5.74) is 1.51. The van der Waals surface area contributed by atoms with Gasteiger partial charge in [-0.3, -0.25) is 9.89 Å². The maximum atomic E-state index is 11.5. The van der Waals surface area contributed by atoms with E-state index in [2.05, 4.69) is 10.2 Å². The molecule has 3 nitrogen and oxygen atoms in total. The van der Waals surface area contributed by atoms with E-state index in [1.807, 2.05) is 30.3 Å². The smallest absolute Gasteiger partial charge is 0.203 e. The second kappa shape index (κ2) is 4.37. The topological polar surface area (TPSA) is 45.8 Å². The summed E-state index contributed by atoms with van der Waals surface area (Å²) in [6.45, 7) is 0. The summed E-state index contributed by atoms with van der Waals surface area (Å²) >= 11 is 0. The molecule has 1 N–H and O–H groups in total. The molecule has 0 fully saturated rings. The Labute approximate surface area is 87.5 Å². The Bertz CT molecular complexity index is 458. The highest BCUT2D eigenvalue weighted by Gasteiger charge is 2.00. The molecule has 1 aromatic carbocycles. The zero-order valence-corrected chi connectivity index (χ0v) is 8.05. The molecule has 0 saturated carbocycles. The number of allylic oxidation sites excluding steroid dienone is 1. The summed E-state index contributed by atoms with van der Waals surface area (Å²) in [4.78, 5) is 11.5. The van der Waals surface area contributed by atoms with Gasteiger partial charge >= 0.3 is 0 Å². The molecule has 74 valence electrons. The molecule has 0 aliphatic heterocycles. The normalized spacial score (nSPS) is 10.7. The van der Waals surface area contributed by atoms with Gasteiger partial charge in [0.1, 0.15) is 5.69 Å². The maximum Gasteiger partial charge on any atom is 0.203 e. The zero-order valence-electron chi connectivity index (χ0n) is 8.05. The van der Waals surface area contributed by atoms with Gasteiger partial charge in [0.05, 0.1) is 0 Å². The number of aromatic nitrogens is 2. The Balaban J connectivity index is 2.10.